The van der Waals surface area contributed by atoms with E-state index < -0.39 is 0 Å². The molecule has 3 rings (SSSR count). The predicted molar refractivity (Wildman–Crippen MR) is 105 cm³/mol. The molecule has 1 aromatic carbocycles. The molecule has 0 bridgehead atoms. The topological polar surface area (TPSA) is 67.1 Å². The van der Waals surface area contributed by atoms with Gasteiger partial charge in [0.25, 0.3) is 0 Å². The highest BCUT2D eigenvalue weighted by molar-refractivity contribution is 5.80. The van der Waals surface area contributed by atoms with E-state index in [4.69, 9.17) is 4.99 Å². The van der Waals surface area contributed by atoms with E-state index in [2.05, 4.69) is 70.4 Å². The van der Waals surface area contributed by atoms with E-state index in [1.807, 2.05) is 0 Å². The molecule has 6 nitrogen and oxygen atoms in total. The fourth-order valence-electron chi connectivity index (χ4n) is 3.43. The molecule has 1 heterocycles. The molecule has 1 unspecified atom stereocenters. The van der Waals surface area contributed by atoms with Gasteiger partial charge in [0.1, 0.15) is 12.2 Å². The number of nitrogens with zero attached hydrogens (tertiary/aromatic N) is 4. The summed E-state index contributed by atoms with van der Waals surface area (Å²) >= 11 is 0. The molecule has 1 aromatic heterocycles. The lowest BCUT2D eigenvalue weighted by Crippen LogP contribution is -2.47. The van der Waals surface area contributed by atoms with E-state index in [0.717, 1.165) is 44.0 Å². The molecule has 0 fully saturated rings. The number of hydrogen-bond acceptors (Lipinski definition) is 3. The Morgan fingerprint density at radius 3 is 2.88 bits per heavy atom. The van der Waals surface area contributed by atoms with Gasteiger partial charge in [-0.15, -0.1) is 10.2 Å². The summed E-state index contributed by atoms with van der Waals surface area (Å²) in [7, 11) is 0. The van der Waals surface area contributed by atoms with Crippen LogP contribution in [-0.2, 0) is 25.8 Å². The molecular weight excluding hydrogens is 324 g/mol. The van der Waals surface area contributed by atoms with E-state index in [-0.39, 0.29) is 0 Å². The Bertz CT molecular complexity index is 733. The fraction of sp³-hybridized carbons (Fsp3) is 0.550. The Kier molecular flexibility index (Phi) is 6.26. The summed E-state index contributed by atoms with van der Waals surface area (Å²) in [5, 5.41) is 15.2. The summed E-state index contributed by atoms with van der Waals surface area (Å²) in [6, 6.07) is 9.53. The van der Waals surface area contributed by atoms with Crippen LogP contribution in [0.5, 0.6) is 0 Å². The lowest BCUT2D eigenvalue weighted by Gasteiger charge is -2.27. The van der Waals surface area contributed by atoms with Gasteiger partial charge in [0, 0.05) is 25.0 Å². The van der Waals surface area contributed by atoms with Crippen molar-refractivity contribution in [2.45, 2.75) is 65.1 Å². The zero-order chi connectivity index (χ0) is 18.4. The summed E-state index contributed by atoms with van der Waals surface area (Å²) in [6.45, 7) is 7.88. The fourth-order valence-corrected chi connectivity index (χ4v) is 3.43. The van der Waals surface area contributed by atoms with Crippen LogP contribution in [-0.4, -0.2) is 39.4 Å². The maximum Gasteiger partial charge on any atom is 0.191 e. The first-order chi connectivity index (χ1) is 12.7. The van der Waals surface area contributed by atoms with Crippen molar-refractivity contribution in [3.8, 4) is 0 Å². The third-order valence-electron chi connectivity index (χ3n) is 4.74. The van der Waals surface area contributed by atoms with Crippen molar-refractivity contribution < 1.29 is 0 Å². The Morgan fingerprint density at radius 2 is 2.12 bits per heavy atom. The molecule has 2 aromatic rings. The number of aliphatic imine (C=N–C) groups is 1. The number of fused-ring (bicyclic) bond motifs is 1. The average molecular weight is 355 g/mol. The molecule has 140 valence electrons. The second-order valence-corrected chi connectivity index (χ2v) is 7.18. The maximum absolute atomic E-state index is 4.78. The lowest BCUT2D eigenvalue weighted by atomic mass is 9.88. The van der Waals surface area contributed by atoms with E-state index in [1.54, 1.807) is 6.33 Å². The van der Waals surface area contributed by atoms with Crippen LogP contribution in [0.25, 0.3) is 0 Å². The van der Waals surface area contributed by atoms with Crippen LogP contribution in [0, 0.1) is 0 Å². The maximum atomic E-state index is 4.78. The highest BCUT2D eigenvalue weighted by Gasteiger charge is 2.19. The molecule has 0 radical (unpaired) electrons. The second-order valence-electron chi connectivity index (χ2n) is 7.18. The van der Waals surface area contributed by atoms with Crippen LogP contribution in [0.15, 0.2) is 35.6 Å². The van der Waals surface area contributed by atoms with Crippen molar-refractivity contribution in [3.05, 3.63) is 47.5 Å². The molecule has 0 spiro atoms. The van der Waals surface area contributed by atoms with Crippen molar-refractivity contribution in [1.82, 2.24) is 25.4 Å². The molecular formula is C20H30N6. The van der Waals surface area contributed by atoms with Crippen molar-refractivity contribution in [2.75, 3.05) is 6.54 Å². The SMILES string of the molecule is CCc1nncn1CCN=C(NC(C)C)NC1CCc2ccccc2C1. The Hall–Kier alpha value is -2.37. The van der Waals surface area contributed by atoms with Crippen LogP contribution in [0.3, 0.4) is 0 Å². The lowest BCUT2D eigenvalue weighted by molar-refractivity contribution is 0.514. The van der Waals surface area contributed by atoms with Gasteiger partial charge >= 0.3 is 0 Å². The third kappa shape index (κ3) is 4.84. The highest BCUT2D eigenvalue weighted by atomic mass is 15.3. The van der Waals surface area contributed by atoms with Crippen LogP contribution in [0.1, 0.15) is 44.1 Å². The Balaban J connectivity index is 1.61. The normalized spacial score (nSPS) is 17.2. The molecule has 1 atom stereocenters. The number of aromatic nitrogens is 3. The Morgan fingerprint density at radius 1 is 1.31 bits per heavy atom. The molecule has 6 heteroatoms. The molecule has 0 aliphatic heterocycles. The first kappa shape index (κ1) is 18.4. The van der Waals surface area contributed by atoms with E-state index in [1.165, 1.54) is 11.1 Å². The number of benzene rings is 1. The van der Waals surface area contributed by atoms with Gasteiger partial charge < -0.3 is 15.2 Å². The molecule has 1 aliphatic rings. The number of guanidine groups is 1. The average Bonchev–Trinajstić information content (AvgIpc) is 3.08. The van der Waals surface area contributed by atoms with Gasteiger partial charge in [-0.05, 0) is 44.2 Å². The standard InChI is InChI=1S/C20H30N6/c1-4-19-25-22-14-26(19)12-11-21-20(23-15(2)3)24-18-10-9-16-7-5-6-8-17(16)13-18/h5-8,14-15,18H,4,9-13H2,1-3H3,(H2,21,23,24). The largest absolute Gasteiger partial charge is 0.354 e. The number of aryl methyl sites for hydroxylation is 2. The van der Waals surface area contributed by atoms with Gasteiger partial charge in [0.2, 0.25) is 0 Å². The van der Waals surface area contributed by atoms with Gasteiger partial charge in [-0.2, -0.15) is 0 Å². The number of rotatable bonds is 6. The zero-order valence-corrected chi connectivity index (χ0v) is 16.1. The van der Waals surface area contributed by atoms with Crippen LogP contribution >= 0.6 is 0 Å². The minimum Gasteiger partial charge on any atom is -0.354 e. The van der Waals surface area contributed by atoms with Crippen LogP contribution in [0.4, 0.5) is 0 Å². The van der Waals surface area contributed by atoms with Crippen molar-refractivity contribution in [3.63, 3.8) is 0 Å². The predicted octanol–water partition coefficient (Wildman–Crippen LogP) is 2.34. The van der Waals surface area contributed by atoms with E-state index >= 15 is 0 Å². The van der Waals surface area contributed by atoms with Crippen molar-refractivity contribution in [1.29, 1.82) is 0 Å². The minimum absolute atomic E-state index is 0.346. The first-order valence-corrected chi connectivity index (χ1v) is 9.66. The van der Waals surface area contributed by atoms with Gasteiger partial charge in [0.15, 0.2) is 5.96 Å². The summed E-state index contributed by atoms with van der Waals surface area (Å²) in [4.78, 5) is 4.78. The van der Waals surface area contributed by atoms with Crippen molar-refractivity contribution >= 4 is 5.96 Å². The monoisotopic (exact) mass is 354 g/mol. The molecule has 0 saturated heterocycles. The molecule has 0 amide bonds. The van der Waals surface area contributed by atoms with Gasteiger partial charge in [0.05, 0.1) is 6.54 Å². The summed E-state index contributed by atoms with van der Waals surface area (Å²) < 4.78 is 2.08. The number of nitrogens with one attached hydrogen (secondary N) is 2. The van der Waals surface area contributed by atoms with Gasteiger partial charge in [-0.3, -0.25) is 4.99 Å². The first-order valence-electron chi connectivity index (χ1n) is 9.66. The smallest absolute Gasteiger partial charge is 0.191 e. The van der Waals surface area contributed by atoms with Crippen LogP contribution < -0.4 is 10.6 Å². The highest BCUT2D eigenvalue weighted by Crippen LogP contribution is 2.20. The minimum atomic E-state index is 0.346. The summed E-state index contributed by atoms with van der Waals surface area (Å²) in [5.41, 5.74) is 2.94. The molecule has 1 aliphatic carbocycles. The Labute approximate surface area is 156 Å². The summed E-state index contributed by atoms with van der Waals surface area (Å²) in [6.07, 6.45) is 6.00. The second kappa shape index (κ2) is 8.83. The zero-order valence-electron chi connectivity index (χ0n) is 16.1. The molecule has 2 N–H and O–H groups in total. The molecule has 0 saturated carbocycles. The van der Waals surface area contributed by atoms with Crippen LogP contribution in [0.2, 0.25) is 0 Å². The molecule has 26 heavy (non-hydrogen) atoms. The quantitative estimate of drug-likeness (QED) is 0.617. The van der Waals surface area contributed by atoms with E-state index in [9.17, 15) is 0 Å². The van der Waals surface area contributed by atoms with Gasteiger partial charge in [-0.1, -0.05) is 31.2 Å². The van der Waals surface area contributed by atoms with Crippen molar-refractivity contribution in [2.24, 2.45) is 4.99 Å². The van der Waals surface area contributed by atoms with E-state index in [0.29, 0.717) is 18.6 Å². The summed E-state index contributed by atoms with van der Waals surface area (Å²) in [5.74, 6) is 1.91. The van der Waals surface area contributed by atoms with Gasteiger partial charge in [-0.25, -0.2) is 0 Å². The third-order valence-corrected chi connectivity index (χ3v) is 4.74. The number of hydrogen-bond donors (Lipinski definition) is 2.